The van der Waals surface area contributed by atoms with E-state index in [9.17, 15) is 0 Å². The Hall–Kier alpha value is -1.16. The van der Waals surface area contributed by atoms with Crippen LogP contribution in [0.4, 0.5) is 0 Å². The largest absolute Gasteiger partial charge is 0.462 e. The second-order valence-electron chi connectivity index (χ2n) is 2.68. The highest BCUT2D eigenvalue weighted by Gasteiger charge is 1.94. The predicted octanol–water partition coefficient (Wildman–Crippen LogP) is 0.417. The molecule has 4 heteroatoms. The molecular formula is C8H13N3O. The van der Waals surface area contributed by atoms with Gasteiger partial charge in [0.1, 0.15) is 6.61 Å². The van der Waals surface area contributed by atoms with E-state index in [1.807, 2.05) is 19.0 Å². The second kappa shape index (κ2) is 4.66. The van der Waals surface area contributed by atoms with Crippen molar-refractivity contribution in [3.8, 4) is 6.01 Å². The van der Waals surface area contributed by atoms with Crippen molar-refractivity contribution >= 4 is 0 Å². The average molecular weight is 167 g/mol. The summed E-state index contributed by atoms with van der Waals surface area (Å²) >= 11 is 0. The molecule has 4 nitrogen and oxygen atoms in total. The average Bonchev–Trinajstić information content (AvgIpc) is 2.05. The first kappa shape index (κ1) is 8.93. The highest BCUT2D eigenvalue weighted by atomic mass is 16.5. The molecule has 1 aromatic rings. The minimum Gasteiger partial charge on any atom is -0.462 e. The Morgan fingerprint density at radius 2 is 2.00 bits per heavy atom. The normalized spacial score (nSPS) is 10.2. The van der Waals surface area contributed by atoms with Crippen molar-refractivity contribution < 1.29 is 4.74 Å². The van der Waals surface area contributed by atoms with E-state index >= 15 is 0 Å². The molecule has 12 heavy (non-hydrogen) atoms. The van der Waals surface area contributed by atoms with Crippen LogP contribution < -0.4 is 4.74 Å². The summed E-state index contributed by atoms with van der Waals surface area (Å²) in [5, 5.41) is 0. The van der Waals surface area contributed by atoms with Gasteiger partial charge in [-0.3, -0.25) is 0 Å². The number of hydrogen-bond acceptors (Lipinski definition) is 4. The molecule has 0 aliphatic carbocycles. The van der Waals surface area contributed by atoms with Crippen LogP contribution in [0.15, 0.2) is 18.5 Å². The summed E-state index contributed by atoms with van der Waals surface area (Å²) in [5.41, 5.74) is 0. The summed E-state index contributed by atoms with van der Waals surface area (Å²) in [7, 11) is 3.99. The lowest BCUT2D eigenvalue weighted by Crippen LogP contribution is -2.19. The first-order valence-corrected chi connectivity index (χ1v) is 3.83. The van der Waals surface area contributed by atoms with Crippen molar-refractivity contribution in [3.63, 3.8) is 0 Å². The van der Waals surface area contributed by atoms with E-state index in [2.05, 4.69) is 9.97 Å². The van der Waals surface area contributed by atoms with Gasteiger partial charge in [-0.15, -0.1) is 0 Å². The van der Waals surface area contributed by atoms with E-state index in [4.69, 9.17) is 4.74 Å². The Bertz CT molecular complexity index is 213. The van der Waals surface area contributed by atoms with Crippen LogP contribution in [0.2, 0.25) is 0 Å². The van der Waals surface area contributed by atoms with Gasteiger partial charge in [-0.1, -0.05) is 0 Å². The number of likely N-dealkylation sites (N-methyl/N-ethyl adjacent to an activating group) is 1. The topological polar surface area (TPSA) is 38.2 Å². The third-order valence-corrected chi connectivity index (χ3v) is 1.31. The maximum Gasteiger partial charge on any atom is 0.316 e. The Labute approximate surface area is 72.2 Å². The Kier molecular flexibility index (Phi) is 3.47. The molecular weight excluding hydrogens is 154 g/mol. The van der Waals surface area contributed by atoms with Crippen molar-refractivity contribution in [2.75, 3.05) is 27.2 Å². The third-order valence-electron chi connectivity index (χ3n) is 1.31. The summed E-state index contributed by atoms with van der Waals surface area (Å²) in [5.74, 6) is 0. The standard InChI is InChI=1S/C8H13N3O/c1-11(2)6-7-12-8-9-4-3-5-10-8/h3-5H,6-7H2,1-2H3. The van der Waals surface area contributed by atoms with Crippen LogP contribution in [0.3, 0.4) is 0 Å². The van der Waals surface area contributed by atoms with Gasteiger partial charge in [0.25, 0.3) is 0 Å². The third kappa shape index (κ3) is 3.30. The Morgan fingerprint density at radius 1 is 1.33 bits per heavy atom. The molecule has 0 radical (unpaired) electrons. The van der Waals surface area contributed by atoms with Crippen LogP contribution in [0, 0.1) is 0 Å². The summed E-state index contributed by atoms with van der Waals surface area (Å²) in [4.78, 5) is 9.89. The van der Waals surface area contributed by atoms with Crippen molar-refractivity contribution in [2.45, 2.75) is 0 Å². The fraction of sp³-hybridized carbons (Fsp3) is 0.500. The molecule has 0 aromatic carbocycles. The monoisotopic (exact) mass is 167 g/mol. The van der Waals surface area contributed by atoms with E-state index in [1.165, 1.54) is 0 Å². The summed E-state index contributed by atoms with van der Waals surface area (Å²) in [6.07, 6.45) is 3.33. The maximum atomic E-state index is 5.25. The molecule has 0 bridgehead atoms. The molecule has 1 rings (SSSR count). The number of hydrogen-bond donors (Lipinski definition) is 0. The van der Waals surface area contributed by atoms with Crippen LogP contribution >= 0.6 is 0 Å². The zero-order chi connectivity index (χ0) is 8.81. The van der Waals surface area contributed by atoms with Gasteiger partial charge < -0.3 is 9.64 Å². The quantitative estimate of drug-likeness (QED) is 0.651. The molecule has 0 N–H and O–H groups in total. The van der Waals surface area contributed by atoms with E-state index in [0.29, 0.717) is 12.6 Å². The molecule has 0 saturated heterocycles. The van der Waals surface area contributed by atoms with Gasteiger partial charge in [-0.2, -0.15) is 0 Å². The lowest BCUT2D eigenvalue weighted by atomic mass is 10.6. The van der Waals surface area contributed by atoms with Gasteiger partial charge in [-0.25, -0.2) is 9.97 Å². The smallest absolute Gasteiger partial charge is 0.316 e. The van der Waals surface area contributed by atoms with Crippen molar-refractivity contribution in [1.29, 1.82) is 0 Å². The van der Waals surface area contributed by atoms with E-state index in [1.54, 1.807) is 18.5 Å². The molecule has 0 spiro atoms. The van der Waals surface area contributed by atoms with Crippen LogP contribution in [-0.2, 0) is 0 Å². The minimum absolute atomic E-state index is 0.444. The van der Waals surface area contributed by atoms with Gasteiger partial charge in [0, 0.05) is 18.9 Å². The predicted molar refractivity (Wildman–Crippen MR) is 46.1 cm³/mol. The lowest BCUT2D eigenvalue weighted by Gasteiger charge is -2.08. The van der Waals surface area contributed by atoms with E-state index < -0.39 is 0 Å². The van der Waals surface area contributed by atoms with Gasteiger partial charge >= 0.3 is 6.01 Å². The van der Waals surface area contributed by atoms with Crippen molar-refractivity contribution in [2.24, 2.45) is 0 Å². The molecule has 0 amide bonds. The van der Waals surface area contributed by atoms with Crippen LogP contribution in [0.1, 0.15) is 0 Å². The van der Waals surface area contributed by atoms with Crippen molar-refractivity contribution in [1.82, 2.24) is 14.9 Å². The Balaban J connectivity index is 2.25. The molecule has 0 fully saturated rings. The van der Waals surface area contributed by atoms with Gasteiger partial charge in [-0.05, 0) is 20.2 Å². The number of nitrogens with zero attached hydrogens (tertiary/aromatic N) is 3. The fourth-order valence-corrected chi connectivity index (χ4v) is 0.679. The van der Waals surface area contributed by atoms with Gasteiger partial charge in [0.05, 0.1) is 0 Å². The zero-order valence-corrected chi connectivity index (χ0v) is 7.40. The van der Waals surface area contributed by atoms with Gasteiger partial charge in [0.15, 0.2) is 0 Å². The molecule has 1 aromatic heterocycles. The number of rotatable bonds is 4. The molecule has 0 atom stereocenters. The fourth-order valence-electron chi connectivity index (χ4n) is 0.679. The van der Waals surface area contributed by atoms with E-state index in [-0.39, 0.29) is 0 Å². The van der Waals surface area contributed by atoms with Crippen molar-refractivity contribution in [3.05, 3.63) is 18.5 Å². The first-order chi connectivity index (χ1) is 5.79. The molecule has 0 aliphatic heterocycles. The number of aromatic nitrogens is 2. The lowest BCUT2D eigenvalue weighted by molar-refractivity contribution is 0.245. The molecule has 66 valence electrons. The van der Waals surface area contributed by atoms with Crippen LogP contribution in [0.25, 0.3) is 0 Å². The molecule has 0 unspecified atom stereocenters. The zero-order valence-electron chi connectivity index (χ0n) is 7.40. The summed E-state index contributed by atoms with van der Waals surface area (Å²) in [6.45, 7) is 1.50. The highest BCUT2D eigenvalue weighted by molar-refractivity contribution is 4.92. The first-order valence-electron chi connectivity index (χ1n) is 3.83. The highest BCUT2D eigenvalue weighted by Crippen LogP contribution is 1.96. The minimum atomic E-state index is 0.444. The van der Waals surface area contributed by atoms with Crippen LogP contribution in [0.5, 0.6) is 6.01 Å². The van der Waals surface area contributed by atoms with Gasteiger partial charge in [0.2, 0.25) is 0 Å². The number of ether oxygens (including phenoxy) is 1. The second-order valence-corrected chi connectivity index (χ2v) is 2.68. The SMILES string of the molecule is CN(C)CCOc1ncccn1. The maximum absolute atomic E-state index is 5.25. The Morgan fingerprint density at radius 3 is 2.58 bits per heavy atom. The summed E-state index contributed by atoms with van der Waals surface area (Å²) < 4.78 is 5.25. The molecule has 0 aliphatic rings. The van der Waals surface area contributed by atoms with E-state index in [0.717, 1.165) is 6.54 Å². The molecule has 0 saturated carbocycles. The summed E-state index contributed by atoms with van der Waals surface area (Å²) in [6, 6.07) is 2.21. The molecule has 1 heterocycles. The van der Waals surface area contributed by atoms with Crippen LogP contribution in [-0.4, -0.2) is 42.1 Å².